The van der Waals surface area contributed by atoms with E-state index in [1.165, 1.54) is 44.6 Å². The molecule has 28 heavy (non-hydrogen) atoms. The molecule has 0 spiro atoms. The van der Waals surface area contributed by atoms with Gasteiger partial charge in [-0.05, 0) is 48.9 Å². The number of ether oxygens (including phenoxy) is 3. The third-order valence-corrected chi connectivity index (χ3v) is 5.41. The molecule has 1 N–H and O–H groups in total. The van der Waals surface area contributed by atoms with Crippen molar-refractivity contribution in [1.82, 2.24) is 4.72 Å². The van der Waals surface area contributed by atoms with Gasteiger partial charge in [-0.15, -0.1) is 0 Å². The normalized spacial score (nSPS) is 12.2. The molecule has 0 fully saturated rings. The molecule has 1 atom stereocenters. The highest BCUT2D eigenvalue weighted by Gasteiger charge is 2.23. The van der Waals surface area contributed by atoms with Crippen molar-refractivity contribution < 1.29 is 32.5 Å². The number of hydrogen-bond donors (Lipinski definition) is 1. The first-order chi connectivity index (χ1) is 13.3. The number of carboxylic acids is 1. The van der Waals surface area contributed by atoms with Gasteiger partial charge in [-0.25, -0.2) is 13.1 Å². The number of carbonyl (C=O) groups excluding carboxylic acids is 1. The van der Waals surface area contributed by atoms with Crippen LogP contribution in [0.25, 0.3) is 0 Å². The van der Waals surface area contributed by atoms with Crippen molar-refractivity contribution in [3.05, 3.63) is 48.0 Å². The lowest BCUT2D eigenvalue weighted by molar-refractivity contribution is -0.306. The molecule has 0 aliphatic heterocycles. The van der Waals surface area contributed by atoms with Gasteiger partial charge in [0.1, 0.15) is 5.75 Å². The predicted molar refractivity (Wildman–Crippen MR) is 99.8 cm³/mol. The highest BCUT2D eigenvalue weighted by atomic mass is 32.2. The van der Waals surface area contributed by atoms with E-state index >= 15 is 0 Å². The van der Waals surface area contributed by atoms with Crippen LogP contribution in [-0.2, 0) is 14.8 Å². The molecular formula is C19H22NO7S-. The van der Waals surface area contributed by atoms with Crippen LogP contribution in [0.5, 0.6) is 17.2 Å². The van der Waals surface area contributed by atoms with Gasteiger partial charge < -0.3 is 24.1 Å². The average Bonchev–Trinajstić information content (AvgIpc) is 2.67. The van der Waals surface area contributed by atoms with Crippen LogP contribution in [0.1, 0.15) is 24.9 Å². The number of rotatable bonds is 10. The Bertz CT molecular complexity index is 910. The van der Waals surface area contributed by atoms with E-state index in [9.17, 15) is 18.3 Å². The maximum absolute atomic E-state index is 12.7. The molecule has 0 saturated carbocycles. The molecule has 2 aromatic carbocycles. The highest BCUT2D eigenvalue weighted by molar-refractivity contribution is 7.89. The Balaban J connectivity index is 2.34. The van der Waals surface area contributed by atoms with E-state index in [-0.39, 0.29) is 4.90 Å². The van der Waals surface area contributed by atoms with Crippen LogP contribution in [0.2, 0.25) is 0 Å². The summed E-state index contributed by atoms with van der Waals surface area (Å²) in [6.07, 6.45) is -0.550. The van der Waals surface area contributed by atoms with E-state index in [0.717, 1.165) is 0 Å². The van der Waals surface area contributed by atoms with E-state index in [4.69, 9.17) is 14.2 Å². The van der Waals surface area contributed by atoms with Crippen LogP contribution in [0.4, 0.5) is 0 Å². The fourth-order valence-corrected chi connectivity index (χ4v) is 3.83. The summed E-state index contributed by atoms with van der Waals surface area (Å²) in [7, 11) is -1.10. The number of methoxy groups -OCH3 is 2. The third-order valence-electron chi connectivity index (χ3n) is 3.92. The summed E-state index contributed by atoms with van der Waals surface area (Å²) in [6.45, 7) is 2.28. The van der Waals surface area contributed by atoms with E-state index in [2.05, 4.69) is 4.72 Å². The van der Waals surface area contributed by atoms with Crippen LogP contribution in [0.3, 0.4) is 0 Å². The molecular weight excluding hydrogens is 386 g/mol. The molecule has 9 heteroatoms. The Morgan fingerprint density at radius 3 is 2.25 bits per heavy atom. The number of carboxylic acid groups (broad SMARTS) is 1. The zero-order valence-electron chi connectivity index (χ0n) is 15.8. The molecule has 8 nitrogen and oxygen atoms in total. The largest absolute Gasteiger partial charge is 0.550 e. The number of carbonyl (C=O) groups is 1. The molecule has 2 rings (SSSR count). The number of hydrogen-bond acceptors (Lipinski definition) is 7. The molecule has 0 aliphatic carbocycles. The van der Waals surface area contributed by atoms with Crippen LogP contribution in [-0.4, -0.2) is 35.2 Å². The standard InChI is InChI=1S/C19H23NO7S/c1-4-27-14-6-8-15(9-7-14)28(23,24)20-16(12-19(21)22)13-5-10-17(25-2)18(11-13)26-3/h5-11,16,20H,4,12H2,1-3H3,(H,21,22)/p-1/t16-/m0/s1. The molecule has 0 amide bonds. The zero-order valence-corrected chi connectivity index (χ0v) is 16.6. The lowest BCUT2D eigenvalue weighted by Gasteiger charge is -2.21. The molecule has 0 radical (unpaired) electrons. The summed E-state index contributed by atoms with van der Waals surface area (Å²) in [4.78, 5) is 11.2. The minimum absolute atomic E-state index is 0.0141. The molecule has 0 aromatic heterocycles. The second kappa shape index (κ2) is 9.43. The third kappa shape index (κ3) is 5.37. The van der Waals surface area contributed by atoms with Crippen LogP contribution in [0.15, 0.2) is 47.4 Å². The van der Waals surface area contributed by atoms with Crippen molar-refractivity contribution in [2.24, 2.45) is 0 Å². The van der Waals surface area contributed by atoms with Crippen LogP contribution in [0, 0.1) is 0 Å². The molecule has 2 aromatic rings. The Morgan fingerprint density at radius 1 is 1.07 bits per heavy atom. The molecule has 0 bridgehead atoms. The van der Waals surface area contributed by atoms with Gasteiger partial charge in [0, 0.05) is 12.4 Å². The lowest BCUT2D eigenvalue weighted by atomic mass is 10.0. The Kier molecular flexibility index (Phi) is 7.24. The Hall–Kier alpha value is -2.78. The zero-order chi connectivity index (χ0) is 20.7. The fraction of sp³-hybridized carbons (Fsp3) is 0.316. The van der Waals surface area contributed by atoms with Crippen molar-refractivity contribution in [1.29, 1.82) is 0 Å². The number of aliphatic carboxylic acids is 1. The summed E-state index contributed by atoms with van der Waals surface area (Å²) in [5.41, 5.74) is 0.399. The SMILES string of the molecule is CCOc1ccc(S(=O)(=O)N[C@@H](CC(=O)[O-])c2ccc(OC)c(OC)c2)cc1. The van der Waals surface area contributed by atoms with Gasteiger partial charge in [-0.3, -0.25) is 0 Å². The van der Waals surface area contributed by atoms with Gasteiger partial charge >= 0.3 is 0 Å². The van der Waals surface area contributed by atoms with E-state index < -0.39 is 28.5 Å². The van der Waals surface area contributed by atoms with Gasteiger partial charge in [-0.2, -0.15) is 0 Å². The van der Waals surface area contributed by atoms with Crippen molar-refractivity contribution in [3.63, 3.8) is 0 Å². The predicted octanol–water partition coefficient (Wildman–Crippen LogP) is 1.26. The van der Waals surface area contributed by atoms with Crippen molar-refractivity contribution in [3.8, 4) is 17.2 Å². The molecule has 0 aliphatic rings. The first kappa shape index (κ1) is 21.5. The summed E-state index contributed by atoms with van der Waals surface area (Å²) in [5, 5.41) is 11.2. The van der Waals surface area contributed by atoms with Gasteiger partial charge in [0.25, 0.3) is 0 Å². The second-order valence-corrected chi connectivity index (χ2v) is 7.48. The van der Waals surface area contributed by atoms with E-state index in [1.54, 1.807) is 12.1 Å². The smallest absolute Gasteiger partial charge is 0.241 e. The van der Waals surface area contributed by atoms with E-state index in [0.29, 0.717) is 29.4 Å². The van der Waals surface area contributed by atoms with E-state index in [1.807, 2.05) is 6.92 Å². The quantitative estimate of drug-likeness (QED) is 0.629. The van der Waals surface area contributed by atoms with Crippen molar-refractivity contribution in [2.45, 2.75) is 24.3 Å². The number of sulfonamides is 1. The minimum atomic E-state index is -3.99. The van der Waals surface area contributed by atoms with Gasteiger partial charge in [0.15, 0.2) is 11.5 Å². The monoisotopic (exact) mass is 408 g/mol. The van der Waals surface area contributed by atoms with Crippen LogP contribution < -0.4 is 24.0 Å². The molecule has 0 saturated heterocycles. The molecule has 152 valence electrons. The Morgan fingerprint density at radius 2 is 1.71 bits per heavy atom. The maximum atomic E-state index is 12.7. The van der Waals surface area contributed by atoms with Gasteiger partial charge in [-0.1, -0.05) is 6.07 Å². The maximum Gasteiger partial charge on any atom is 0.241 e. The first-order valence-electron chi connectivity index (χ1n) is 8.47. The average molecular weight is 408 g/mol. The molecule has 0 heterocycles. The summed E-state index contributed by atoms with van der Waals surface area (Å²) in [6, 6.07) is 9.44. The van der Waals surface area contributed by atoms with Crippen molar-refractivity contribution >= 4 is 16.0 Å². The van der Waals surface area contributed by atoms with Gasteiger partial charge in [0.05, 0.1) is 31.8 Å². The number of benzene rings is 2. The topological polar surface area (TPSA) is 114 Å². The number of nitrogens with one attached hydrogen (secondary N) is 1. The first-order valence-corrected chi connectivity index (χ1v) is 9.96. The second-order valence-electron chi connectivity index (χ2n) is 5.77. The van der Waals surface area contributed by atoms with Gasteiger partial charge in [0.2, 0.25) is 10.0 Å². The lowest BCUT2D eigenvalue weighted by Crippen LogP contribution is -2.34. The summed E-state index contributed by atoms with van der Waals surface area (Å²) < 4.78 is 43.5. The molecule has 0 unspecified atom stereocenters. The Labute approximate surface area is 164 Å². The minimum Gasteiger partial charge on any atom is -0.550 e. The fourth-order valence-electron chi connectivity index (χ4n) is 2.60. The summed E-state index contributed by atoms with van der Waals surface area (Å²) >= 11 is 0. The highest BCUT2D eigenvalue weighted by Crippen LogP contribution is 2.31. The van der Waals surface area contributed by atoms with Crippen LogP contribution >= 0.6 is 0 Å². The van der Waals surface area contributed by atoms with Crippen molar-refractivity contribution in [2.75, 3.05) is 20.8 Å². The summed E-state index contributed by atoms with van der Waals surface area (Å²) in [5.74, 6) is -0.0711.